The van der Waals surface area contributed by atoms with Gasteiger partial charge in [0.2, 0.25) is 10.0 Å². The fourth-order valence-corrected chi connectivity index (χ4v) is 3.71. The van der Waals surface area contributed by atoms with Crippen LogP contribution in [0.1, 0.15) is 29.3 Å². The van der Waals surface area contributed by atoms with E-state index in [1.165, 1.54) is 10.4 Å². The number of nitrogens with one attached hydrogen (secondary N) is 1. The molecular weight excluding hydrogens is 304 g/mol. The monoisotopic (exact) mass is 326 g/mol. The molecule has 122 valence electrons. The molecule has 1 aromatic carbocycles. The van der Waals surface area contributed by atoms with E-state index in [2.05, 4.69) is 5.32 Å². The highest BCUT2D eigenvalue weighted by atomic mass is 32.2. The Balaban J connectivity index is 2.30. The molecule has 1 saturated heterocycles. The van der Waals surface area contributed by atoms with Crippen LogP contribution in [0.15, 0.2) is 23.1 Å². The first-order valence-corrected chi connectivity index (χ1v) is 8.87. The molecule has 1 aromatic rings. The zero-order valence-corrected chi connectivity index (χ0v) is 13.8. The van der Waals surface area contributed by atoms with Crippen LogP contribution in [0.3, 0.4) is 0 Å². The summed E-state index contributed by atoms with van der Waals surface area (Å²) in [4.78, 5) is 12.3. The summed E-state index contributed by atoms with van der Waals surface area (Å²) in [5.74, 6) is -0.238. The van der Waals surface area contributed by atoms with Gasteiger partial charge < -0.3 is 10.1 Å². The average Bonchev–Trinajstić information content (AvgIpc) is 2.53. The average molecular weight is 326 g/mol. The molecule has 0 radical (unpaired) electrons. The van der Waals surface area contributed by atoms with Crippen molar-refractivity contribution in [3.05, 3.63) is 29.3 Å². The van der Waals surface area contributed by atoms with Gasteiger partial charge in [-0.25, -0.2) is 8.42 Å². The minimum atomic E-state index is -3.58. The van der Waals surface area contributed by atoms with Gasteiger partial charge >= 0.3 is 0 Å². The van der Waals surface area contributed by atoms with E-state index in [1.54, 1.807) is 19.1 Å². The third kappa shape index (κ3) is 3.66. The highest BCUT2D eigenvalue weighted by Gasteiger charge is 2.27. The SMILES string of the molecule is CCCNC(=O)c1cc(S(=O)(=O)N2CCOCC2)ccc1C. The van der Waals surface area contributed by atoms with Gasteiger partial charge in [-0.15, -0.1) is 0 Å². The molecule has 1 N–H and O–H groups in total. The second-order valence-electron chi connectivity index (χ2n) is 5.25. The summed E-state index contributed by atoms with van der Waals surface area (Å²) in [6.07, 6.45) is 0.830. The van der Waals surface area contributed by atoms with Gasteiger partial charge in [-0.05, 0) is 31.0 Å². The van der Waals surface area contributed by atoms with Crippen molar-refractivity contribution in [3.63, 3.8) is 0 Å². The normalized spacial score (nSPS) is 16.5. The summed E-state index contributed by atoms with van der Waals surface area (Å²) >= 11 is 0. The Morgan fingerprint density at radius 2 is 2.00 bits per heavy atom. The van der Waals surface area contributed by atoms with Crippen LogP contribution in [0.4, 0.5) is 0 Å². The molecule has 1 fully saturated rings. The number of hydrogen-bond acceptors (Lipinski definition) is 4. The fraction of sp³-hybridized carbons (Fsp3) is 0.533. The van der Waals surface area contributed by atoms with E-state index in [0.717, 1.165) is 12.0 Å². The Bertz CT molecular complexity index is 637. The molecule has 2 rings (SSSR count). The zero-order chi connectivity index (χ0) is 16.2. The van der Waals surface area contributed by atoms with Gasteiger partial charge in [0.15, 0.2) is 0 Å². The molecule has 1 aliphatic heterocycles. The van der Waals surface area contributed by atoms with E-state index >= 15 is 0 Å². The maximum absolute atomic E-state index is 12.6. The molecule has 1 heterocycles. The third-order valence-electron chi connectivity index (χ3n) is 3.60. The van der Waals surface area contributed by atoms with Crippen LogP contribution in [0.25, 0.3) is 0 Å². The number of benzene rings is 1. The summed E-state index contributed by atoms with van der Waals surface area (Å²) in [5, 5.41) is 2.78. The molecule has 0 aliphatic carbocycles. The van der Waals surface area contributed by atoms with Crippen molar-refractivity contribution < 1.29 is 17.9 Å². The number of ether oxygens (including phenoxy) is 1. The number of aryl methyl sites for hydroxylation is 1. The molecule has 0 atom stereocenters. The van der Waals surface area contributed by atoms with Crippen molar-refractivity contribution in [3.8, 4) is 0 Å². The maximum atomic E-state index is 12.6. The molecule has 1 aliphatic rings. The number of carbonyl (C=O) groups excluding carboxylic acids is 1. The summed E-state index contributed by atoms with van der Waals surface area (Å²) in [5.41, 5.74) is 1.16. The van der Waals surface area contributed by atoms with E-state index in [0.29, 0.717) is 38.4 Å². The lowest BCUT2D eigenvalue weighted by atomic mass is 10.1. The highest BCUT2D eigenvalue weighted by molar-refractivity contribution is 7.89. The standard InChI is InChI=1S/C15H22N2O4S/c1-3-6-16-15(18)14-11-13(5-4-12(14)2)22(19,20)17-7-9-21-10-8-17/h4-5,11H,3,6-10H2,1-2H3,(H,16,18). The number of amides is 1. The van der Waals surface area contributed by atoms with Gasteiger partial charge in [-0.3, -0.25) is 4.79 Å². The molecule has 0 bridgehead atoms. The number of carbonyl (C=O) groups is 1. The quantitative estimate of drug-likeness (QED) is 0.881. The van der Waals surface area contributed by atoms with Crippen LogP contribution in [0.2, 0.25) is 0 Å². The summed E-state index contributed by atoms with van der Waals surface area (Å²) in [6, 6.07) is 4.69. The van der Waals surface area contributed by atoms with E-state index in [9.17, 15) is 13.2 Å². The molecular formula is C15H22N2O4S. The minimum Gasteiger partial charge on any atom is -0.379 e. The van der Waals surface area contributed by atoms with E-state index in [4.69, 9.17) is 4.74 Å². The van der Waals surface area contributed by atoms with E-state index in [1.807, 2.05) is 6.92 Å². The van der Waals surface area contributed by atoms with Crippen molar-refractivity contribution >= 4 is 15.9 Å². The zero-order valence-electron chi connectivity index (χ0n) is 13.0. The van der Waals surface area contributed by atoms with Crippen molar-refractivity contribution in [2.75, 3.05) is 32.8 Å². The van der Waals surface area contributed by atoms with Gasteiger partial charge in [0, 0.05) is 25.2 Å². The van der Waals surface area contributed by atoms with Gasteiger partial charge in [0.1, 0.15) is 0 Å². The molecule has 1 amide bonds. The predicted molar refractivity (Wildman–Crippen MR) is 83.4 cm³/mol. The molecule has 0 saturated carbocycles. The molecule has 22 heavy (non-hydrogen) atoms. The molecule has 7 heteroatoms. The highest BCUT2D eigenvalue weighted by Crippen LogP contribution is 2.20. The number of sulfonamides is 1. The Labute approximate surface area is 131 Å². The van der Waals surface area contributed by atoms with Crippen LogP contribution < -0.4 is 5.32 Å². The smallest absolute Gasteiger partial charge is 0.251 e. The second-order valence-corrected chi connectivity index (χ2v) is 7.19. The van der Waals surface area contributed by atoms with Gasteiger partial charge in [-0.1, -0.05) is 13.0 Å². The Morgan fingerprint density at radius 1 is 1.32 bits per heavy atom. The second kappa shape index (κ2) is 7.21. The Hall–Kier alpha value is -1.44. The number of nitrogens with zero attached hydrogens (tertiary/aromatic N) is 1. The summed E-state index contributed by atoms with van der Waals surface area (Å²) < 4.78 is 31.8. The van der Waals surface area contributed by atoms with Crippen LogP contribution in [-0.4, -0.2) is 51.5 Å². The summed E-state index contributed by atoms with van der Waals surface area (Å²) in [6.45, 7) is 5.81. The van der Waals surface area contributed by atoms with Crippen LogP contribution in [0, 0.1) is 6.92 Å². The Morgan fingerprint density at radius 3 is 2.64 bits per heavy atom. The number of morpholine rings is 1. The first kappa shape index (κ1) is 16.9. The predicted octanol–water partition coefficient (Wildman–Crippen LogP) is 1.16. The topological polar surface area (TPSA) is 75.7 Å². The lowest BCUT2D eigenvalue weighted by Gasteiger charge is -2.26. The molecule has 0 spiro atoms. The maximum Gasteiger partial charge on any atom is 0.251 e. The van der Waals surface area contributed by atoms with Crippen molar-refractivity contribution in [1.82, 2.24) is 9.62 Å². The molecule has 0 unspecified atom stereocenters. The van der Waals surface area contributed by atoms with Crippen LogP contribution in [0.5, 0.6) is 0 Å². The summed E-state index contributed by atoms with van der Waals surface area (Å²) in [7, 11) is -3.58. The fourth-order valence-electron chi connectivity index (χ4n) is 2.28. The number of hydrogen-bond donors (Lipinski definition) is 1. The van der Waals surface area contributed by atoms with Crippen molar-refractivity contribution in [1.29, 1.82) is 0 Å². The van der Waals surface area contributed by atoms with Crippen molar-refractivity contribution in [2.24, 2.45) is 0 Å². The van der Waals surface area contributed by atoms with Crippen molar-refractivity contribution in [2.45, 2.75) is 25.2 Å². The first-order valence-electron chi connectivity index (χ1n) is 7.43. The van der Waals surface area contributed by atoms with Crippen LogP contribution in [-0.2, 0) is 14.8 Å². The van der Waals surface area contributed by atoms with Gasteiger partial charge in [0.25, 0.3) is 5.91 Å². The lowest BCUT2D eigenvalue weighted by molar-refractivity contribution is 0.0730. The largest absolute Gasteiger partial charge is 0.379 e. The first-order chi connectivity index (χ1) is 10.5. The Kier molecular flexibility index (Phi) is 5.55. The molecule has 0 aromatic heterocycles. The third-order valence-corrected chi connectivity index (χ3v) is 5.49. The number of rotatable bonds is 5. The van der Waals surface area contributed by atoms with E-state index < -0.39 is 10.0 Å². The minimum absolute atomic E-state index is 0.154. The molecule has 6 nitrogen and oxygen atoms in total. The van der Waals surface area contributed by atoms with Gasteiger partial charge in [0.05, 0.1) is 18.1 Å². The lowest BCUT2D eigenvalue weighted by Crippen LogP contribution is -2.40. The van der Waals surface area contributed by atoms with E-state index in [-0.39, 0.29) is 10.8 Å². The van der Waals surface area contributed by atoms with Gasteiger partial charge in [-0.2, -0.15) is 4.31 Å². The van der Waals surface area contributed by atoms with Crippen LogP contribution >= 0.6 is 0 Å².